The molecule has 1 saturated heterocycles. The van der Waals surface area contributed by atoms with Gasteiger partial charge in [0.25, 0.3) is 5.91 Å². The van der Waals surface area contributed by atoms with Crippen molar-refractivity contribution in [1.29, 1.82) is 0 Å². The largest absolute Gasteiger partial charge is 0.467 e. The summed E-state index contributed by atoms with van der Waals surface area (Å²) in [7, 11) is 1.36. The summed E-state index contributed by atoms with van der Waals surface area (Å²) >= 11 is 0. The molecule has 0 aliphatic carbocycles. The number of carbonyl (C=O) groups is 2. The van der Waals surface area contributed by atoms with E-state index >= 15 is 0 Å². The lowest BCUT2D eigenvalue weighted by atomic mass is 9.82. The van der Waals surface area contributed by atoms with Gasteiger partial charge in [0.2, 0.25) is 0 Å². The number of hydrogen-bond donors (Lipinski definition) is 1. The Balaban J connectivity index is 1.29. The zero-order valence-corrected chi connectivity index (χ0v) is 27.6. The molecule has 1 aromatic heterocycles. The fraction of sp³-hybridized carbons (Fsp3) is 0.378. The number of hydrogen-bond acceptors (Lipinski definition) is 8. The van der Waals surface area contributed by atoms with Gasteiger partial charge in [-0.05, 0) is 74.8 Å². The van der Waals surface area contributed by atoms with Crippen LogP contribution in [0.5, 0.6) is 0 Å². The number of aliphatic hydroxyl groups is 1. The fourth-order valence-corrected chi connectivity index (χ4v) is 6.12. The second-order valence-electron chi connectivity index (χ2n) is 12.3. The van der Waals surface area contributed by atoms with Gasteiger partial charge in [-0.2, -0.15) is 0 Å². The molecule has 0 spiro atoms. The number of piperidine rings is 1. The third-order valence-corrected chi connectivity index (χ3v) is 8.94. The molecular weight excluding hydrogens is 594 g/mol. The van der Waals surface area contributed by atoms with E-state index in [-0.39, 0.29) is 30.5 Å². The van der Waals surface area contributed by atoms with Gasteiger partial charge in [0.05, 0.1) is 37.7 Å². The van der Waals surface area contributed by atoms with Crippen LogP contribution in [0.2, 0.25) is 0 Å². The topological polar surface area (TPSA) is 119 Å². The Morgan fingerprint density at radius 1 is 1.00 bits per heavy atom. The third kappa shape index (κ3) is 7.77. The van der Waals surface area contributed by atoms with Crippen LogP contribution in [0.4, 0.5) is 0 Å². The number of nitrogens with zero attached hydrogens (tertiary/aromatic N) is 5. The normalized spacial score (nSPS) is 19.6. The molecule has 4 aromatic rings. The van der Waals surface area contributed by atoms with Crippen LogP contribution in [-0.2, 0) is 20.8 Å². The average molecular weight is 638 g/mol. The van der Waals surface area contributed by atoms with Crippen molar-refractivity contribution >= 4 is 17.6 Å². The highest BCUT2D eigenvalue weighted by Crippen LogP contribution is 2.40. The van der Waals surface area contributed by atoms with Gasteiger partial charge in [0.15, 0.2) is 6.10 Å². The highest BCUT2D eigenvalue weighted by molar-refractivity contribution is 6.01. The van der Waals surface area contributed by atoms with Gasteiger partial charge in [-0.3, -0.25) is 4.79 Å². The maximum atomic E-state index is 14.1. The van der Waals surface area contributed by atoms with E-state index in [4.69, 9.17) is 9.57 Å². The van der Waals surface area contributed by atoms with Crippen molar-refractivity contribution in [3.8, 4) is 0 Å². The van der Waals surface area contributed by atoms with Gasteiger partial charge in [-0.1, -0.05) is 89.6 Å². The van der Waals surface area contributed by atoms with Crippen LogP contribution in [0.3, 0.4) is 0 Å². The number of oxime groups is 1. The molecule has 1 aliphatic heterocycles. The van der Waals surface area contributed by atoms with Crippen LogP contribution < -0.4 is 0 Å². The first-order valence-corrected chi connectivity index (χ1v) is 16.0. The first-order valence-electron chi connectivity index (χ1n) is 16.0. The quantitative estimate of drug-likeness (QED) is 0.121. The van der Waals surface area contributed by atoms with Crippen molar-refractivity contribution in [2.45, 2.75) is 71.2 Å². The predicted molar refractivity (Wildman–Crippen MR) is 179 cm³/mol. The Kier molecular flexibility index (Phi) is 10.8. The van der Waals surface area contributed by atoms with E-state index in [9.17, 15) is 14.7 Å². The molecule has 10 nitrogen and oxygen atoms in total. The van der Waals surface area contributed by atoms with E-state index in [2.05, 4.69) is 22.4 Å². The summed E-state index contributed by atoms with van der Waals surface area (Å²) in [5, 5.41) is 22.8. The maximum absolute atomic E-state index is 14.1. The predicted octanol–water partition coefficient (Wildman–Crippen LogP) is 6.02. The standard InChI is InChI=1S/C37H43N5O5/c1-24-11-14-30(15-12-24)35-25(2)13-20-34(37(45)46-5)42(35)36(44)31-18-16-29(17-19-31)26(3)39-47-27(4)33-22-41(40-38-33)32(23-43)21-28-9-7-6-8-10-28/h6-12,14-19,22,25,27,32,34-35,43H,13,20-21,23H2,1-5H3/b39-26+/t25-,27+,32-,34-,35-/m0/s1. The van der Waals surface area contributed by atoms with Crippen LogP contribution in [0, 0.1) is 12.8 Å². The minimum atomic E-state index is -0.670. The second-order valence-corrected chi connectivity index (χ2v) is 12.3. The Morgan fingerprint density at radius 3 is 2.34 bits per heavy atom. The fourth-order valence-electron chi connectivity index (χ4n) is 6.12. The van der Waals surface area contributed by atoms with E-state index < -0.39 is 18.1 Å². The van der Waals surface area contributed by atoms with E-state index in [0.717, 1.165) is 28.7 Å². The Bertz CT molecular complexity index is 1670. The minimum absolute atomic E-state index is 0.0740. The van der Waals surface area contributed by atoms with Gasteiger partial charge in [-0.25, -0.2) is 9.48 Å². The SMILES string of the molecule is COC(=O)[C@@H]1CC[C@H](C)[C@@H](c2ccc(C)cc2)N1C(=O)c1ccc(/C(C)=N/O[C@H](C)c2cn([C@H](CO)Cc3ccccc3)nn2)cc1. The summed E-state index contributed by atoms with van der Waals surface area (Å²) in [6.07, 6.45) is 3.26. The molecule has 10 heteroatoms. The first kappa shape index (κ1) is 33.5. The molecule has 1 fully saturated rings. The van der Waals surface area contributed by atoms with Gasteiger partial charge >= 0.3 is 5.97 Å². The number of esters is 1. The zero-order valence-electron chi connectivity index (χ0n) is 27.6. The molecule has 47 heavy (non-hydrogen) atoms. The molecule has 246 valence electrons. The Hall–Kier alpha value is -4.83. The van der Waals surface area contributed by atoms with E-state index in [1.54, 1.807) is 27.9 Å². The maximum Gasteiger partial charge on any atom is 0.328 e. The van der Waals surface area contributed by atoms with Crippen LogP contribution in [0.15, 0.2) is 90.2 Å². The van der Waals surface area contributed by atoms with Gasteiger partial charge in [-0.15, -0.1) is 5.10 Å². The summed E-state index contributed by atoms with van der Waals surface area (Å²) < 4.78 is 6.79. The molecule has 3 aromatic carbocycles. The second kappa shape index (κ2) is 15.2. The van der Waals surface area contributed by atoms with E-state index in [1.165, 1.54) is 7.11 Å². The number of aliphatic hydroxyl groups excluding tert-OH is 1. The number of rotatable bonds is 11. The lowest BCUT2D eigenvalue weighted by molar-refractivity contribution is -0.149. The summed E-state index contributed by atoms with van der Waals surface area (Å²) in [4.78, 5) is 34.5. The summed E-state index contributed by atoms with van der Waals surface area (Å²) in [6.45, 7) is 7.74. The molecule has 0 bridgehead atoms. The molecule has 1 amide bonds. The van der Waals surface area contributed by atoms with Crippen LogP contribution in [0.25, 0.3) is 0 Å². The average Bonchev–Trinajstić information content (AvgIpc) is 3.60. The summed E-state index contributed by atoms with van der Waals surface area (Å²) in [5.74, 6) is -0.466. The number of likely N-dealkylation sites (tertiary alicyclic amines) is 1. The smallest absolute Gasteiger partial charge is 0.328 e. The van der Waals surface area contributed by atoms with Crippen molar-refractivity contribution in [3.05, 3.63) is 119 Å². The highest BCUT2D eigenvalue weighted by Gasteiger charge is 2.43. The van der Waals surface area contributed by atoms with Crippen molar-refractivity contribution in [1.82, 2.24) is 19.9 Å². The lowest BCUT2D eigenvalue weighted by Crippen LogP contribution is -2.52. The van der Waals surface area contributed by atoms with Crippen LogP contribution in [0.1, 0.15) is 90.1 Å². The van der Waals surface area contributed by atoms with Crippen molar-refractivity contribution in [3.63, 3.8) is 0 Å². The number of aromatic nitrogens is 3. The summed E-state index contributed by atoms with van der Waals surface area (Å²) in [6, 6.07) is 24.1. The van der Waals surface area contributed by atoms with Gasteiger partial charge in [0.1, 0.15) is 11.7 Å². The molecule has 2 heterocycles. The highest BCUT2D eigenvalue weighted by atomic mass is 16.6. The van der Waals surface area contributed by atoms with Crippen molar-refractivity contribution in [2.24, 2.45) is 11.1 Å². The number of methoxy groups -OCH3 is 1. The minimum Gasteiger partial charge on any atom is -0.467 e. The van der Waals surface area contributed by atoms with E-state index in [0.29, 0.717) is 29.8 Å². The molecule has 0 radical (unpaired) electrons. The number of aryl methyl sites for hydroxylation is 1. The molecule has 0 saturated carbocycles. The van der Waals surface area contributed by atoms with Crippen molar-refractivity contribution in [2.75, 3.05) is 13.7 Å². The third-order valence-electron chi connectivity index (χ3n) is 8.94. The van der Waals surface area contributed by atoms with E-state index in [1.807, 2.05) is 87.5 Å². The van der Waals surface area contributed by atoms with Gasteiger partial charge in [0, 0.05) is 5.56 Å². The molecule has 5 rings (SSSR count). The Morgan fingerprint density at radius 2 is 1.68 bits per heavy atom. The number of ether oxygens (including phenoxy) is 1. The first-order chi connectivity index (χ1) is 22.7. The number of carbonyl (C=O) groups excluding carboxylic acids is 2. The molecule has 1 N–H and O–H groups in total. The summed E-state index contributed by atoms with van der Waals surface area (Å²) in [5.41, 5.74) is 5.70. The van der Waals surface area contributed by atoms with Crippen LogP contribution >= 0.6 is 0 Å². The van der Waals surface area contributed by atoms with Gasteiger partial charge < -0.3 is 19.6 Å². The monoisotopic (exact) mass is 637 g/mol. The van der Waals surface area contributed by atoms with Crippen molar-refractivity contribution < 1.29 is 24.3 Å². The Labute approximate surface area is 276 Å². The molecular formula is C37H43N5O5. The zero-order chi connectivity index (χ0) is 33.5. The molecule has 5 atom stereocenters. The molecule has 1 aliphatic rings. The lowest BCUT2D eigenvalue weighted by Gasteiger charge is -2.44. The number of amides is 1. The van der Waals surface area contributed by atoms with Crippen LogP contribution in [-0.4, -0.2) is 62.3 Å². The number of benzene rings is 3. The molecule has 0 unspecified atom stereocenters.